The van der Waals surface area contributed by atoms with Crippen LogP contribution in [0.3, 0.4) is 0 Å². The lowest BCUT2D eigenvalue weighted by molar-refractivity contribution is -0.887. The van der Waals surface area contributed by atoms with Gasteiger partial charge in [-0.2, -0.15) is 0 Å². The molecule has 0 spiro atoms. The van der Waals surface area contributed by atoms with E-state index in [1.165, 1.54) is 64.2 Å². The molecular weight excluding hydrogens is 422 g/mol. The van der Waals surface area contributed by atoms with Gasteiger partial charge in [0, 0.05) is 12.8 Å². The van der Waals surface area contributed by atoms with Crippen molar-refractivity contribution in [3.8, 4) is 0 Å². The molecule has 0 saturated carbocycles. The van der Waals surface area contributed by atoms with Gasteiger partial charge in [0.25, 0.3) is 0 Å². The van der Waals surface area contributed by atoms with Crippen molar-refractivity contribution in [1.82, 2.24) is 0 Å². The van der Waals surface area contributed by atoms with Gasteiger partial charge in [-0.3, -0.25) is 4.79 Å². The number of carboxylic acids is 1. The third-order valence-corrected chi connectivity index (χ3v) is 5.99. The van der Waals surface area contributed by atoms with Gasteiger partial charge in [0.2, 0.25) is 0 Å². The van der Waals surface area contributed by atoms with Gasteiger partial charge in [-0.05, 0) is 6.42 Å². The number of nitrogens with zero attached hydrogens (tertiary/aromatic N) is 1. The van der Waals surface area contributed by atoms with Gasteiger partial charge in [-0.15, -0.1) is 0 Å². The Bertz CT molecular complexity index is 492. The van der Waals surface area contributed by atoms with Crippen LogP contribution in [0.25, 0.3) is 0 Å². The second kappa shape index (κ2) is 20.2. The van der Waals surface area contributed by atoms with E-state index in [0.717, 1.165) is 19.3 Å². The Kier molecular flexibility index (Phi) is 19.5. The maximum Gasteiger partial charge on any atom is 0.362 e. The summed E-state index contributed by atoms with van der Waals surface area (Å²) >= 11 is 0. The molecule has 0 aliphatic rings. The van der Waals surface area contributed by atoms with Crippen molar-refractivity contribution in [3.05, 3.63) is 0 Å². The van der Waals surface area contributed by atoms with E-state index in [1.807, 2.05) is 21.1 Å². The Hall–Kier alpha value is -1.18. The van der Waals surface area contributed by atoms with Crippen molar-refractivity contribution in [2.24, 2.45) is 0 Å². The van der Waals surface area contributed by atoms with E-state index in [-0.39, 0.29) is 25.8 Å². The number of aliphatic hydroxyl groups excluding tert-OH is 1. The van der Waals surface area contributed by atoms with E-state index in [4.69, 9.17) is 9.47 Å². The van der Waals surface area contributed by atoms with Crippen molar-refractivity contribution in [2.45, 2.75) is 115 Å². The zero-order chi connectivity index (χ0) is 25.0. The highest BCUT2D eigenvalue weighted by Crippen LogP contribution is 2.13. The molecule has 0 rings (SSSR count). The van der Waals surface area contributed by atoms with Gasteiger partial charge in [-0.1, -0.05) is 84.0 Å². The van der Waals surface area contributed by atoms with Gasteiger partial charge < -0.3 is 24.2 Å². The number of hydrogen-bond acceptors (Lipinski definition) is 5. The number of unbranched alkanes of at least 4 members (excludes halogenated alkanes) is 12. The van der Waals surface area contributed by atoms with Crippen LogP contribution in [-0.2, 0) is 19.1 Å². The fourth-order valence-corrected chi connectivity index (χ4v) is 3.85. The predicted molar refractivity (Wildman–Crippen MR) is 132 cm³/mol. The van der Waals surface area contributed by atoms with Gasteiger partial charge in [0.05, 0.1) is 34.4 Å². The molecule has 0 aromatic rings. The standard InChI is InChI=1S/C26H51NO6/c1-5-6-7-8-9-10-11-12-13-14-15-16-17-18-25(29)33-22-23(28)21-32-20-19-24(26(30)31)27(2,3)4/h23-24,28H,5-22H2,1-4H3/p+1/t23?,24-/m0/s1. The van der Waals surface area contributed by atoms with Crippen LogP contribution in [0.15, 0.2) is 0 Å². The Morgan fingerprint density at radius 2 is 1.27 bits per heavy atom. The van der Waals surface area contributed by atoms with Crippen LogP contribution in [0, 0.1) is 0 Å². The topological polar surface area (TPSA) is 93.1 Å². The highest BCUT2D eigenvalue weighted by molar-refractivity contribution is 5.72. The van der Waals surface area contributed by atoms with E-state index in [2.05, 4.69) is 6.92 Å². The summed E-state index contributed by atoms with van der Waals surface area (Å²) in [7, 11) is 5.47. The summed E-state index contributed by atoms with van der Waals surface area (Å²) in [5, 5.41) is 19.2. The van der Waals surface area contributed by atoms with Crippen LogP contribution in [0.5, 0.6) is 0 Å². The first-order valence-corrected chi connectivity index (χ1v) is 13.1. The molecule has 0 radical (unpaired) electrons. The first kappa shape index (κ1) is 31.8. The van der Waals surface area contributed by atoms with Crippen molar-refractivity contribution in [1.29, 1.82) is 0 Å². The maximum atomic E-state index is 11.8. The highest BCUT2D eigenvalue weighted by atomic mass is 16.5. The number of carbonyl (C=O) groups excluding carboxylic acids is 1. The van der Waals surface area contributed by atoms with Gasteiger partial charge in [-0.25, -0.2) is 4.79 Å². The van der Waals surface area contributed by atoms with Crippen molar-refractivity contribution in [3.63, 3.8) is 0 Å². The lowest BCUT2D eigenvalue weighted by atomic mass is 10.0. The molecule has 196 valence electrons. The maximum absolute atomic E-state index is 11.8. The minimum Gasteiger partial charge on any atom is -0.477 e. The van der Waals surface area contributed by atoms with Crippen LogP contribution < -0.4 is 0 Å². The molecule has 0 fully saturated rings. The molecule has 0 heterocycles. The summed E-state index contributed by atoms with van der Waals surface area (Å²) in [5.74, 6) is -1.15. The number of likely N-dealkylation sites (N-methyl/N-ethyl adjacent to an activating group) is 1. The molecule has 7 heteroatoms. The normalized spacial score (nSPS) is 13.6. The Labute approximate surface area is 202 Å². The molecule has 33 heavy (non-hydrogen) atoms. The van der Waals surface area contributed by atoms with E-state index in [9.17, 15) is 19.8 Å². The summed E-state index contributed by atoms with van der Waals surface area (Å²) < 4.78 is 10.8. The zero-order valence-corrected chi connectivity index (χ0v) is 21.9. The first-order chi connectivity index (χ1) is 15.7. The Morgan fingerprint density at radius 3 is 1.73 bits per heavy atom. The van der Waals surface area contributed by atoms with Crippen molar-refractivity contribution in [2.75, 3.05) is 41.0 Å². The largest absolute Gasteiger partial charge is 0.477 e. The number of carboxylic acid groups (broad SMARTS) is 1. The monoisotopic (exact) mass is 474 g/mol. The minimum atomic E-state index is -0.895. The molecule has 0 aliphatic carbocycles. The van der Waals surface area contributed by atoms with E-state index in [0.29, 0.717) is 17.3 Å². The smallest absolute Gasteiger partial charge is 0.362 e. The molecule has 0 bridgehead atoms. The van der Waals surface area contributed by atoms with Crippen LogP contribution in [-0.4, -0.2) is 79.7 Å². The summed E-state index contributed by atoms with van der Waals surface area (Å²) in [4.78, 5) is 23.1. The van der Waals surface area contributed by atoms with Crippen LogP contribution in [0.2, 0.25) is 0 Å². The van der Waals surface area contributed by atoms with Crippen molar-refractivity contribution < 1.29 is 33.8 Å². The van der Waals surface area contributed by atoms with Gasteiger partial charge in [0.1, 0.15) is 12.7 Å². The summed E-state index contributed by atoms with van der Waals surface area (Å²) in [6.07, 6.45) is 16.2. The number of carbonyl (C=O) groups is 2. The fraction of sp³-hybridized carbons (Fsp3) is 0.923. The predicted octanol–water partition coefficient (Wildman–Crippen LogP) is 4.94. The second-order valence-corrected chi connectivity index (χ2v) is 10.2. The molecule has 2 N–H and O–H groups in total. The number of rotatable bonds is 23. The molecule has 0 aromatic heterocycles. The average Bonchev–Trinajstić information content (AvgIpc) is 2.74. The van der Waals surface area contributed by atoms with Crippen LogP contribution in [0.1, 0.15) is 103 Å². The SMILES string of the molecule is CCCCCCCCCCCCCCCC(=O)OCC(O)COCC[C@@H](C(=O)O)[N+](C)(C)C. The average molecular weight is 475 g/mol. The van der Waals surface area contributed by atoms with E-state index < -0.39 is 18.1 Å². The number of aliphatic carboxylic acids is 1. The zero-order valence-electron chi connectivity index (χ0n) is 21.9. The number of ether oxygens (including phenoxy) is 2. The van der Waals surface area contributed by atoms with Crippen LogP contribution in [0.4, 0.5) is 0 Å². The number of quaternary nitrogens is 1. The molecule has 0 saturated heterocycles. The van der Waals surface area contributed by atoms with E-state index in [1.54, 1.807) is 0 Å². The molecule has 1 unspecified atom stereocenters. The van der Waals surface area contributed by atoms with Gasteiger partial charge in [0.15, 0.2) is 6.04 Å². The second-order valence-electron chi connectivity index (χ2n) is 10.2. The van der Waals surface area contributed by atoms with Gasteiger partial charge >= 0.3 is 11.9 Å². The van der Waals surface area contributed by atoms with Crippen LogP contribution >= 0.6 is 0 Å². The number of hydrogen-bond donors (Lipinski definition) is 2. The summed E-state index contributed by atoms with van der Waals surface area (Å²) in [6.45, 7) is 2.42. The van der Waals surface area contributed by atoms with E-state index >= 15 is 0 Å². The highest BCUT2D eigenvalue weighted by Gasteiger charge is 2.30. The quantitative estimate of drug-likeness (QED) is 0.124. The molecule has 7 nitrogen and oxygen atoms in total. The molecule has 0 aromatic carbocycles. The minimum absolute atomic E-state index is 0.0233. The molecule has 0 aliphatic heterocycles. The Morgan fingerprint density at radius 1 is 0.788 bits per heavy atom. The Balaban J connectivity index is 3.55. The molecular formula is C26H52NO6+. The fourth-order valence-electron chi connectivity index (χ4n) is 3.85. The first-order valence-electron chi connectivity index (χ1n) is 13.1. The number of aliphatic hydroxyl groups is 1. The van der Waals surface area contributed by atoms with Crippen molar-refractivity contribution >= 4 is 11.9 Å². The third kappa shape index (κ3) is 20.0. The number of esters is 1. The molecule has 0 amide bonds. The molecule has 2 atom stereocenters. The summed E-state index contributed by atoms with van der Waals surface area (Å²) in [5.41, 5.74) is 0. The third-order valence-electron chi connectivity index (χ3n) is 5.99. The lowest BCUT2D eigenvalue weighted by Crippen LogP contribution is -2.50. The lowest BCUT2D eigenvalue weighted by Gasteiger charge is -2.31. The summed E-state index contributed by atoms with van der Waals surface area (Å²) in [6, 6.07) is -0.569.